The van der Waals surface area contributed by atoms with Crippen LogP contribution < -0.4 is 20.3 Å². The van der Waals surface area contributed by atoms with E-state index in [1.165, 1.54) is 6.07 Å². The fourth-order valence-electron chi connectivity index (χ4n) is 4.54. The van der Waals surface area contributed by atoms with Crippen molar-refractivity contribution in [2.24, 2.45) is 0 Å². The molecule has 7 rings (SSSR count). The van der Waals surface area contributed by atoms with Gasteiger partial charge in [-0.3, -0.25) is 10.3 Å². The molecule has 7 nitrogen and oxygen atoms in total. The van der Waals surface area contributed by atoms with Gasteiger partial charge in [-0.1, -0.05) is 0 Å². The van der Waals surface area contributed by atoms with Gasteiger partial charge in [0, 0.05) is 43.5 Å². The van der Waals surface area contributed by atoms with Crippen molar-refractivity contribution in [1.29, 1.82) is 0 Å². The first-order valence-electron chi connectivity index (χ1n) is 9.71. The summed E-state index contributed by atoms with van der Waals surface area (Å²) in [5.74, 6) is 1.11. The zero-order valence-electron chi connectivity index (χ0n) is 15.8. The number of hydrogen-bond acceptors (Lipinski definition) is 7. The van der Waals surface area contributed by atoms with Crippen LogP contribution in [0.1, 0.15) is 17.7 Å². The van der Waals surface area contributed by atoms with Crippen molar-refractivity contribution in [2.45, 2.75) is 25.0 Å². The molecule has 3 aliphatic heterocycles. The molecular formula is C21H19FN6O. The molecule has 1 aliphatic carbocycles. The first kappa shape index (κ1) is 16.7. The second-order valence-corrected chi connectivity index (χ2v) is 7.62. The van der Waals surface area contributed by atoms with Crippen LogP contribution >= 0.6 is 0 Å². The van der Waals surface area contributed by atoms with Crippen molar-refractivity contribution in [3.05, 3.63) is 53.7 Å². The molecule has 2 N–H and O–H groups in total. The van der Waals surface area contributed by atoms with Crippen LogP contribution in [0, 0.1) is 5.82 Å². The van der Waals surface area contributed by atoms with E-state index < -0.39 is 0 Å². The third-order valence-electron chi connectivity index (χ3n) is 5.89. The number of rotatable bonds is 4. The number of halogens is 1. The Labute approximate surface area is 167 Å². The monoisotopic (exact) mass is 390 g/mol. The molecule has 0 saturated carbocycles. The summed E-state index contributed by atoms with van der Waals surface area (Å²) < 4.78 is 20.2. The minimum atomic E-state index is -0.272. The van der Waals surface area contributed by atoms with Crippen LogP contribution in [0.3, 0.4) is 0 Å². The Morgan fingerprint density at radius 2 is 2.21 bits per heavy atom. The number of benzene rings is 1. The molecule has 4 aliphatic rings. The Morgan fingerprint density at radius 3 is 2.93 bits per heavy atom. The number of nitrogens with one attached hydrogen (secondary N) is 2. The summed E-state index contributed by atoms with van der Waals surface area (Å²) in [6.07, 6.45) is 5.28. The Hall–Kier alpha value is -3.26. The van der Waals surface area contributed by atoms with Crippen LogP contribution in [0.25, 0.3) is 11.1 Å². The minimum Gasteiger partial charge on any atom is -0.423 e. The summed E-state index contributed by atoms with van der Waals surface area (Å²) >= 11 is 0. The van der Waals surface area contributed by atoms with E-state index in [2.05, 4.69) is 25.5 Å². The van der Waals surface area contributed by atoms with Gasteiger partial charge in [0.1, 0.15) is 17.4 Å². The molecule has 0 radical (unpaired) electrons. The maximum atomic E-state index is 14.3. The normalized spacial score (nSPS) is 20.8. The molecule has 3 saturated heterocycles. The number of anilines is 2. The van der Waals surface area contributed by atoms with Crippen LogP contribution in [0.15, 0.2) is 36.7 Å². The van der Waals surface area contributed by atoms with E-state index in [0.29, 0.717) is 18.2 Å². The molecule has 8 heteroatoms. The van der Waals surface area contributed by atoms with Gasteiger partial charge in [-0.05, 0) is 41.8 Å². The molecule has 1 aromatic carbocycles. The lowest BCUT2D eigenvalue weighted by molar-refractivity contribution is 0.373. The Balaban J connectivity index is 1.51. The SMILES string of the molecule is CNc1cc(F)cc2c1Cc1nc(Oc3cccnc3)nc(N3CC4CC3N4)c1-2. The van der Waals surface area contributed by atoms with E-state index in [0.717, 1.165) is 46.9 Å². The van der Waals surface area contributed by atoms with Crippen molar-refractivity contribution in [1.82, 2.24) is 20.3 Å². The molecule has 2 atom stereocenters. The first-order chi connectivity index (χ1) is 14.2. The van der Waals surface area contributed by atoms with E-state index in [9.17, 15) is 4.39 Å². The van der Waals surface area contributed by atoms with Gasteiger partial charge in [-0.2, -0.15) is 9.97 Å². The molecule has 3 aromatic rings. The highest BCUT2D eigenvalue weighted by atomic mass is 19.1. The summed E-state index contributed by atoms with van der Waals surface area (Å²) in [6, 6.07) is 7.51. The molecule has 2 aromatic heterocycles. The lowest BCUT2D eigenvalue weighted by Gasteiger charge is -2.29. The number of aromatic nitrogens is 3. The highest BCUT2D eigenvalue weighted by molar-refractivity contribution is 5.88. The quantitative estimate of drug-likeness (QED) is 0.555. The molecule has 29 heavy (non-hydrogen) atoms. The van der Waals surface area contributed by atoms with E-state index in [1.807, 2.05) is 6.07 Å². The average Bonchev–Trinajstić information content (AvgIpc) is 3.39. The van der Waals surface area contributed by atoms with Crippen LogP contribution in [-0.4, -0.2) is 40.8 Å². The molecule has 0 amide bonds. The van der Waals surface area contributed by atoms with Gasteiger partial charge in [0.05, 0.1) is 18.1 Å². The summed E-state index contributed by atoms with van der Waals surface area (Å²) in [5, 5.41) is 6.62. The summed E-state index contributed by atoms with van der Waals surface area (Å²) in [7, 11) is 1.81. The van der Waals surface area contributed by atoms with Crippen LogP contribution in [0.4, 0.5) is 15.9 Å². The van der Waals surface area contributed by atoms with Gasteiger partial charge in [0.25, 0.3) is 0 Å². The van der Waals surface area contributed by atoms with Gasteiger partial charge in [-0.15, -0.1) is 0 Å². The fourth-order valence-corrected chi connectivity index (χ4v) is 4.54. The Kier molecular flexibility index (Phi) is 3.52. The molecule has 2 bridgehead atoms. The lowest BCUT2D eigenvalue weighted by Crippen LogP contribution is -2.47. The van der Waals surface area contributed by atoms with Gasteiger partial charge in [0.15, 0.2) is 0 Å². The third kappa shape index (κ3) is 2.56. The van der Waals surface area contributed by atoms with Crippen LogP contribution in [0.5, 0.6) is 11.8 Å². The highest BCUT2D eigenvalue weighted by Crippen LogP contribution is 2.47. The van der Waals surface area contributed by atoms with Crippen molar-refractivity contribution in [2.75, 3.05) is 23.8 Å². The van der Waals surface area contributed by atoms with E-state index in [1.54, 1.807) is 31.6 Å². The predicted octanol–water partition coefficient (Wildman–Crippen LogP) is 2.92. The summed E-state index contributed by atoms with van der Waals surface area (Å²) in [4.78, 5) is 15.8. The van der Waals surface area contributed by atoms with Gasteiger partial charge < -0.3 is 15.0 Å². The average molecular weight is 390 g/mol. The predicted molar refractivity (Wildman–Crippen MR) is 107 cm³/mol. The number of pyridine rings is 1. The maximum Gasteiger partial charge on any atom is 0.324 e. The topological polar surface area (TPSA) is 75.2 Å². The van der Waals surface area contributed by atoms with Crippen molar-refractivity contribution < 1.29 is 9.13 Å². The Bertz CT molecular complexity index is 1120. The van der Waals surface area contributed by atoms with Crippen molar-refractivity contribution in [3.63, 3.8) is 0 Å². The summed E-state index contributed by atoms with van der Waals surface area (Å²) in [6.45, 7) is 0.879. The minimum absolute atomic E-state index is 0.256. The number of fused-ring (bicyclic) bond motifs is 4. The first-order valence-corrected chi connectivity index (χ1v) is 9.71. The number of nitrogens with zero attached hydrogens (tertiary/aromatic N) is 4. The molecule has 3 fully saturated rings. The van der Waals surface area contributed by atoms with Crippen LogP contribution in [0.2, 0.25) is 0 Å². The second-order valence-electron chi connectivity index (χ2n) is 7.62. The largest absolute Gasteiger partial charge is 0.423 e. The van der Waals surface area contributed by atoms with E-state index in [4.69, 9.17) is 9.72 Å². The van der Waals surface area contributed by atoms with Gasteiger partial charge >= 0.3 is 6.01 Å². The van der Waals surface area contributed by atoms with E-state index in [-0.39, 0.29) is 18.0 Å². The van der Waals surface area contributed by atoms with Crippen molar-refractivity contribution >= 4 is 11.5 Å². The maximum absolute atomic E-state index is 14.3. The van der Waals surface area contributed by atoms with Gasteiger partial charge in [0.2, 0.25) is 0 Å². The van der Waals surface area contributed by atoms with Crippen molar-refractivity contribution in [3.8, 4) is 22.9 Å². The molecular weight excluding hydrogens is 371 g/mol. The number of ether oxygens (including phenoxy) is 1. The zero-order valence-corrected chi connectivity index (χ0v) is 15.8. The van der Waals surface area contributed by atoms with Gasteiger partial charge in [-0.25, -0.2) is 4.39 Å². The lowest BCUT2D eigenvalue weighted by atomic mass is 10.0. The standard InChI is InChI=1S/C21H19FN6O/c1-23-16-6-11(22)5-15-14(16)8-17-19(15)20(28-10-12-7-18(28)25-12)27-21(26-17)29-13-3-2-4-24-9-13/h2-6,9,12,18,23,25H,7-8,10H2,1H3. The highest BCUT2D eigenvalue weighted by Gasteiger charge is 2.45. The fraction of sp³-hybridized carbons (Fsp3) is 0.286. The molecule has 146 valence electrons. The smallest absolute Gasteiger partial charge is 0.324 e. The van der Waals surface area contributed by atoms with Crippen LogP contribution in [-0.2, 0) is 6.42 Å². The molecule has 5 heterocycles. The zero-order chi connectivity index (χ0) is 19.5. The Morgan fingerprint density at radius 1 is 1.31 bits per heavy atom. The second kappa shape index (κ2) is 6.12. The summed E-state index contributed by atoms with van der Waals surface area (Å²) in [5.41, 5.74) is 4.44. The number of hydrogen-bond donors (Lipinski definition) is 2. The third-order valence-corrected chi connectivity index (χ3v) is 5.89. The molecule has 0 spiro atoms. The molecule has 2 unspecified atom stereocenters. The van der Waals surface area contributed by atoms with E-state index >= 15 is 0 Å².